The van der Waals surface area contributed by atoms with Crippen LogP contribution < -0.4 is 5.32 Å². The second-order valence-corrected chi connectivity index (χ2v) is 3.86. The lowest BCUT2D eigenvalue weighted by atomic mass is 10.2. The minimum atomic E-state index is -0.557. The molecule has 9 heteroatoms. The molecule has 0 radical (unpaired) electrons. The molecule has 0 aliphatic carbocycles. The zero-order chi connectivity index (χ0) is 13.9. The van der Waals surface area contributed by atoms with Crippen molar-refractivity contribution in [2.45, 2.75) is 0 Å². The average Bonchev–Trinajstić information content (AvgIpc) is 3.14. The fourth-order valence-corrected chi connectivity index (χ4v) is 1.60. The highest BCUT2D eigenvalue weighted by Gasteiger charge is 2.11. The van der Waals surface area contributed by atoms with Crippen LogP contribution in [0.2, 0.25) is 0 Å². The molecule has 3 rings (SSSR count). The molecular formula is C11H8FN7O. The van der Waals surface area contributed by atoms with Crippen molar-refractivity contribution in [1.29, 1.82) is 0 Å². The molecule has 0 spiro atoms. The quantitative estimate of drug-likeness (QED) is 0.734. The van der Waals surface area contributed by atoms with Crippen LogP contribution in [0, 0.1) is 5.82 Å². The summed E-state index contributed by atoms with van der Waals surface area (Å²) in [5.41, 5.74) is 0.861. The first-order chi connectivity index (χ1) is 9.74. The summed E-state index contributed by atoms with van der Waals surface area (Å²) in [5.74, 6) is -1.02. The summed E-state index contributed by atoms with van der Waals surface area (Å²) in [6.07, 6.45) is 4.13. The second kappa shape index (κ2) is 4.88. The Hall–Kier alpha value is -3.10. The lowest BCUT2D eigenvalue weighted by Crippen LogP contribution is -2.12. The van der Waals surface area contributed by atoms with Gasteiger partial charge >= 0.3 is 0 Å². The maximum Gasteiger partial charge on any atom is 0.258 e. The van der Waals surface area contributed by atoms with Crippen LogP contribution in [0.15, 0.2) is 36.9 Å². The van der Waals surface area contributed by atoms with Crippen molar-refractivity contribution in [2.75, 3.05) is 5.32 Å². The summed E-state index contributed by atoms with van der Waals surface area (Å²) < 4.78 is 15.1. The molecule has 0 aliphatic heterocycles. The molecule has 2 aromatic heterocycles. The maximum absolute atomic E-state index is 13.7. The topological polar surface area (TPSA) is 101 Å². The molecule has 1 amide bonds. The van der Waals surface area contributed by atoms with Gasteiger partial charge in [0, 0.05) is 6.20 Å². The van der Waals surface area contributed by atoms with E-state index in [4.69, 9.17) is 0 Å². The Balaban J connectivity index is 1.89. The number of nitrogens with zero attached hydrogens (tertiary/aromatic N) is 5. The van der Waals surface area contributed by atoms with Crippen molar-refractivity contribution in [3.8, 4) is 5.69 Å². The zero-order valence-electron chi connectivity index (χ0n) is 9.99. The molecule has 0 aliphatic rings. The highest BCUT2D eigenvalue weighted by atomic mass is 19.1. The fourth-order valence-electron chi connectivity index (χ4n) is 1.60. The van der Waals surface area contributed by atoms with Gasteiger partial charge in [-0.15, -0.1) is 5.10 Å². The lowest BCUT2D eigenvalue weighted by molar-refractivity contribution is 0.102. The van der Waals surface area contributed by atoms with Gasteiger partial charge in [0.25, 0.3) is 5.91 Å². The number of carbonyl (C=O) groups is 1. The molecule has 0 atom stereocenters. The number of rotatable bonds is 3. The molecule has 2 N–H and O–H groups in total. The Labute approximate surface area is 111 Å². The molecule has 8 nitrogen and oxygen atoms in total. The predicted octanol–water partition coefficient (Wildman–Crippen LogP) is 0.777. The van der Waals surface area contributed by atoms with Gasteiger partial charge in [-0.25, -0.2) is 9.07 Å². The van der Waals surface area contributed by atoms with E-state index >= 15 is 0 Å². The number of benzene rings is 1. The number of tetrazole rings is 1. The van der Waals surface area contributed by atoms with Crippen LogP contribution in [0.5, 0.6) is 0 Å². The summed E-state index contributed by atoms with van der Waals surface area (Å²) in [5, 5.41) is 19.3. The van der Waals surface area contributed by atoms with Crippen molar-refractivity contribution in [2.24, 2.45) is 0 Å². The van der Waals surface area contributed by atoms with Gasteiger partial charge in [-0.3, -0.25) is 9.89 Å². The Kier molecular flexibility index (Phi) is 2.92. The van der Waals surface area contributed by atoms with Crippen LogP contribution in [-0.2, 0) is 0 Å². The maximum atomic E-state index is 13.7. The first-order valence-corrected chi connectivity index (χ1v) is 5.57. The summed E-state index contributed by atoms with van der Waals surface area (Å²) >= 11 is 0. The summed E-state index contributed by atoms with van der Waals surface area (Å²) in [4.78, 5) is 11.8. The minimum Gasteiger partial charge on any atom is -0.319 e. The molecule has 20 heavy (non-hydrogen) atoms. The van der Waals surface area contributed by atoms with Crippen LogP contribution in [0.4, 0.5) is 10.1 Å². The van der Waals surface area contributed by atoms with E-state index in [0.717, 1.165) is 0 Å². The molecule has 0 saturated heterocycles. The molecular weight excluding hydrogens is 265 g/mol. The van der Waals surface area contributed by atoms with E-state index in [1.165, 1.54) is 41.6 Å². The third-order valence-electron chi connectivity index (χ3n) is 2.57. The second-order valence-electron chi connectivity index (χ2n) is 3.86. The molecule has 0 saturated carbocycles. The number of aromatic nitrogens is 6. The van der Waals surface area contributed by atoms with E-state index in [0.29, 0.717) is 11.3 Å². The molecule has 3 aromatic rings. The van der Waals surface area contributed by atoms with Gasteiger partial charge in [0.15, 0.2) is 0 Å². The van der Waals surface area contributed by atoms with Crippen LogP contribution >= 0.6 is 0 Å². The zero-order valence-corrected chi connectivity index (χ0v) is 9.99. The summed E-state index contributed by atoms with van der Waals surface area (Å²) in [6.45, 7) is 0. The number of aromatic amines is 1. The van der Waals surface area contributed by atoms with Gasteiger partial charge < -0.3 is 5.32 Å². The first-order valence-electron chi connectivity index (χ1n) is 5.57. The predicted molar refractivity (Wildman–Crippen MR) is 65.7 cm³/mol. The third-order valence-corrected chi connectivity index (χ3v) is 2.57. The molecule has 2 heterocycles. The number of carbonyl (C=O) groups excluding carboxylic acids is 1. The van der Waals surface area contributed by atoms with E-state index in [1.807, 2.05) is 0 Å². The van der Waals surface area contributed by atoms with Crippen LogP contribution in [0.1, 0.15) is 10.4 Å². The molecule has 0 bridgehead atoms. The van der Waals surface area contributed by atoms with Gasteiger partial charge in [-0.1, -0.05) is 0 Å². The SMILES string of the molecule is O=C(Nc1cc(-n2cnnn2)ccc1F)c1cn[nH]c1. The molecule has 1 aromatic carbocycles. The van der Waals surface area contributed by atoms with E-state index < -0.39 is 11.7 Å². The lowest BCUT2D eigenvalue weighted by Gasteiger charge is -2.07. The Morgan fingerprint density at radius 3 is 3.00 bits per heavy atom. The Morgan fingerprint density at radius 2 is 2.30 bits per heavy atom. The van der Waals surface area contributed by atoms with Crippen molar-refractivity contribution in [3.63, 3.8) is 0 Å². The van der Waals surface area contributed by atoms with Gasteiger partial charge in [-0.05, 0) is 28.6 Å². The summed E-state index contributed by atoms with van der Waals surface area (Å²) in [7, 11) is 0. The number of hydrogen-bond acceptors (Lipinski definition) is 5. The van der Waals surface area contributed by atoms with Gasteiger partial charge in [0.1, 0.15) is 12.1 Å². The van der Waals surface area contributed by atoms with Gasteiger partial charge in [-0.2, -0.15) is 5.10 Å². The molecule has 100 valence electrons. The fraction of sp³-hybridized carbons (Fsp3) is 0. The van der Waals surface area contributed by atoms with Crippen molar-refractivity contribution in [1.82, 2.24) is 30.4 Å². The van der Waals surface area contributed by atoms with E-state index in [1.54, 1.807) is 0 Å². The average molecular weight is 273 g/mol. The number of hydrogen-bond donors (Lipinski definition) is 2. The van der Waals surface area contributed by atoms with E-state index in [-0.39, 0.29) is 5.69 Å². The van der Waals surface area contributed by atoms with Crippen molar-refractivity contribution >= 4 is 11.6 Å². The Morgan fingerprint density at radius 1 is 1.40 bits per heavy atom. The first kappa shape index (κ1) is 12.0. The summed E-state index contributed by atoms with van der Waals surface area (Å²) in [6, 6.07) is 4.16. The monoisotopic (exact) mass is 273 g/mol. The van der Waals surface area contributed by atoms with Crippen LogP contribution in [0.25, 0.3) is 5.69 Å². The number of amides is 1. The standard InChI is InChI=1S/C11H8FN7O/c12-9-2-1-8(19-6-15-17-18-19)3-10(9)16-11(20)7-4-13-14-5-7/h1-6H,(H,13,14)(H,16,20). The van der Waals surface area contributed by atoms with Crippen molar-refractivity contribution in [3.05, 3.63) is 48.3 Å². The van der Waals surface area contributed by atoms with E-state index in [9.17, 15) is 9.18 Å². The number of halogens is 1. The third kappa shape index (κ3) is 2.23. The van der Waals surface area contributed by atoms with Crippen molar-refractivity contribution < 1.29 is 9.18 Å². The highest BCUT2D eigenvalue weighted by Crippen LogP contribution is 2.18. The van der Waals surface area contributed by atoms with Crippen LogP contribution in [-0.4, -0.2) is 36.3 Å². The number of nitrogens with one attached hydrogen (secondary N) is 2. The normalized spacial score (nSPS) is 10.4. The van der Waals surface area contributed by atoms with Gasteiger partial charge in [0.2, 0.25) is 0 Å². The Bertz CT molecular complexity index is 723. The van der Waals surface area contributed by atoms with E-state index in [2.05, 4.69) is 31.0 Å². The minimum absolute atomic E-state index is 0.0317. The van der Waals surface area contributed by atoms with Crippen LogP contribution in [0.3, 0.4) is 0 Å². The largest absolute Gasteiger partial charge is 0.319 e. The smallest absolute Gasteiger partial charge is 0.258 e. The molecule has 0 unspecified atom stereocenters. The highest BCUT2D eigenvalue weighted by molar-refractivity contribution is 6.04. The number of H-pyrrole nitrogens is 1. The molecule has 0 fully saturated rings. The number of anilines is 1. The van der Waals surface area contributed by atoms with Gasteiger partial charge in [0.05, 0.1) is 23.1 Å².